The van der Waals surface area contributed by atoms with Gasteiger partial charge in [0, 0.05) is 25.2 Å². The van der Waals surface area contributed by atoms with Crippen LogP contribution in [0, 0.1) is 0 Å². The number of hydrogen-bond donors (Lipinski definition) is 1. The standard InChI is InChI=1S/C14H15ClN4O2/c15-13-3-4-16-7-12(13)14(20)18-10-6-17-19(8-10)9-11-2-1-5-21-11/h3-4,6-8,11H,1-2,5,9H2,(H,18,20). The molecule has 3 heterocycles. The zero-order chi connectivity index (χ0) is 14.7. The number of aromatic nitrogens is 3. The van der Waals surface area contributed by atoms with E-state index in [1.54, 1.807) is 29.3 Å². The van der Waals surface area contributed by atoms with Crippen molar-refractivity contribution in [1.29, 1.82) is 0 Å². The van der Waals surface area contributed by atoms with Crippen LogP contribution in [0.15, 0.2) is 30.9 Å². The number of anilines is 1. The van der Waals surface area contributed by atoms with Crippen LogP contribution in [-0.2, 0) is 11.3 Å². The number of rotatable bonds is 4. The number of halogens is 1. The highest BCUT2D eigenvalue weighted by Crippen LogP contribution is 2.17. The topological polar surface area (TPSA) is 69.0 Å². The molecular weight excluding hydrogens is 292 g/mol. The maximum absolute atomic E-state index is 12.1. The molecule has 1 unspecified atom stereocenters. The Bertz CT molecular complexity index is 637. The van der Waals surface area contributed by atoms with Crippen molar-refractivity contribution in [2.24, 2.45) is 0 Å². The SMILES string of the molecule is O=C(Nc1cnn(CC2CCCO2)c1)c1cnccc1Cl. The minimum absolute atomic E-state index is 0.209. The Hall–Kier alpha value is -1.92. The van der Waals surface area contributed by atoms with Crippen molar-refractivity contribution in [2.75, 3.05) is 11.9 Å². The van der Waals surface area contributed by atoms with E-state index >= 15 is 0 Å². The highest BCUT2D eigenvalue weighted by Gasteiger charge is 2.17. The number of carbonyl (C=O) groups is 1. The van der Waals surface area contributed by atoms with Gasteiger partial charge in [-0.1, -0.05) is 11.6 Å². The van der Waals surface area contributed by atoms with E-state index in [-0.39, 0.29) is 12.0 Å². The second kappa shape index (κ2) is 6.24. The van der Waals surface area contributed by atoms with E-state index in [4.69, 9.17) is 16.3 Å². The number of hydrogen-bond acceptors (Lipinski definition) is 4. The van der Waals surface area contributed by atoms with Gasteiger partial charge in [-0.2, -0.15) is 5.10 Å². The Labute approximate surface area is 127 Å². The van der Waals surface area contributed by atoms with E-state index in [0.717, 1.165) is 19.4 Å². The predicted molar refractivity (Wildman–Crippen MR) is 78.4 cm³/mol. The average molecular weight is 307 g/mol. The molecule has 0 bridgehead atoms. The lowest BCUT2D eigenvalue weighted by atomic mass is 10.2. The summed E-state index contributed by atoms with van der Waals surface area (Å²) in [6.07, 6.45) is 8.72. The fourth-order valence-electron chi connectivity index (χ4n) is 2.27. The molecule has 0 spiro atoms. The predicted octanol–water partition coefficient (Wildman–Crippen LogP) is 2.36. The fraction of sp³-hybridized carbons (Fsp3) is 0.357. The maximum Gasteiger partial charge on any atom is 0.258 e. The molecule has 1 amide bonds. The largest absolute Gasteiger partial charge is 0.376 e. The summed E-state index contributed by atoms with van der Waals surface area (Å²) in [6, 6.07) is 1.58. The smallest absolute Gasteiger partial charge is 0.258 e. The summed E-state index contributed by atoms with van der Waals surface area (Å²) in [5.74, 6) is -0.301. The molecule has 7 heteroatoms. The second-order valence-corrected chi connectivity index (χ2v) is 5.30. The minimum Gasteiger partial charge on any atom is -0.376 e. The third-order valence-corrected chi connectivity index (χ3v) is 3.65. The van der Waals surface area contributed by atoms with Crippen LogP contribution in [0.4, 0.5) is 5.69 Å². The molecule has 0 aliphatic carbocycles. The lowest BCUT2D eigenvalue weighted by molar-refractivity contribution is 0.0940. The highest BCUT2D eigenvalue weighted by molar-refractivity contribution is 6.34. The summed E-state index contributed by atoms with van der Waals surface area (Å²) in [4.78, 5) is 16.0. The summed E-state index contributed by atoms with van der Waals surface area (Å²) in [5.41, 5.74) is 0.962. The summed E-state index contributed by atoms with van der Waals surface area (Å²) in [6.45, 7) is 1.51. The van der Waals surface area contributed by atoms with Gasteiger partial charge >= 0.3 is 0 Å². The van der Waals surface area contributed by atoms with E-state index in [1.807, 2.05) is 0 Å². The van der Waals surface area contributed by atoms with E-state index in [2.05, 4.69) is 15.4 Å². The quantitative estimate of drug-likeness (QED) is 0.941. The van der Waals surface area contributed by atoms with E-state index in [9.17, 15) is 4.79 Å². The van der Waals surface area contributed by atoms with Crippen LogP contribution in [0.25, 0.3) is 0 Å². The average Bonchev–Trinajstić information content (AvgIpc) is 3.12. The van der Waals surface area contributed by atoms with E-state index < -0.39 is 0 Å². The zero-order valence-corrected chi connectivity index (χ0v) is 12.1. The number of pyridine rings is 1. The third kappa shape index (κ3) is 3.40. The number of nitrogens with one attached hydrogen (secondary N) is 1. The lowest BCUT2D eigenvalue weighted by Crippen LogP contribution is -2.15. The molecule has 2 aromatic rings. The zero-order valence-electron chi connectivity index (χ0n) is 11.3. The number of amides is 1. The maximum atomic E-state index is 12.1. The minimum atomic E-state index is -0.301. The van der Waals surface area contributed by atoms with Crippen molar-refractivity contribution in [3.63, 3.8) is 0 Å². The number of ether oxygens (including phenoxy) is 1. The van der Waals surface area contributed by atoms with Crippen molar-refractivity contribution >= 4 is 23.2 Å². The Morgan fingerprint density at radius 2 is 2.43 bits per heavy atom. The Kier molecular flexibility index (Phi) is 4.17. The van der Waals surface area contributed by atoms with Crippen LogP contribution in [0.2, 0.25) is 5.02 Å². The van der Waals surface area contributed by atoms with Gasteiger partial charge in [0.15, 0.2) is 0 Å². The Morgan fingerprint density at radius 1 is 1.52 bits per heavy atom. The molecule has 1 saturated heterocycles. The molecule has 0 saturated carbocycles. The summed E-state index contributed by atoms with van der Waals surface area (Å²) < 4.78 is 7.33. The Balaban J connectivity index is 1.64. The van der Waals surface area contributed by atoms with Gasteiger partial charge in [0.25, 0.3) is 5.91 Å². The van der Waals surface area contributed by atoms with E-state index in [0.29, 0.717) is 22.8 Å². The molecule has 21 heavy (non-hydrogen) atoms. The van der Waals surface area contributed by atoms with Gasteiger partial charge in [-0.15, -0.1) is 0 Å². The monoisotopic (exact) mass is 306 g/mol. The highest BCUT2D eigenvalue weighted by atomic mass is 35.5. The normalized spacial score (nSPS) is 17.9. The van der Waals surface area contributed by atoms with Crippen molar-refractivity contribution in [2.45, 2.75) is 25.5 Å². The second-order valence-electron chi connectivity index (χ2n) is 4.90. The van der Waals surface area contributed by atoms with Crippen LogP contribution in [0.1, 0.15) is 23.2 Å². The molecule has 110 valence electrons. The van der Waals surface area contributed by atoms with Crippen molar-refractivity contribution in [3.8, 4) is 0 Å². The molecule has 1 aliphatic rings. The van der Waals surface area contributed by atoms with Crippen LogP contribution < -0.4 is 5.32 Å². The first kappa shape index (κ1) is 14.0. The fourth-order valence-corrected chi connectivity index (χ4v) is 2.46. The van der Waals surface area contributed by atoms with Gasteiger partial charge in [0.1, 0.15) is 0 Å². The molecule has 0 radical (unpaired) electrons. The molecule has 0 aromatic carbocycles. The van der Waals surface area contributed by atoms with E-state index in [1.165, 1.54) is 6.20 Å². The molecule has 1 atom stereocenters. The van der Waals surface area contributed by atoms with Crippen molar-refractivity contribution < 1.29 is 9.53 Å². The van der Waals surface area contributed by atoms with Crippen LogP contribution >= 0.6 is 11.6 Å². The Morgan fingerprint density at radius 3 is 3.19 bits per heavy atom. The lowest BCUT2D eigenvalue weighted by Gasteiger charge is -2.08. The molecule has 1 aliphatic heterocycles. The van der Waals surface area contributed by atoms with Crippen LogP contribution in [0.5, 0.6) is 0 Å². The summed E-state index contributed by atoms with van der Waals surface area (Å²) in [7, 11) is 0. The third-order valence-electron chi connectivity index (χ3n) is 3.32. The van der Waals surface area contributed by atoms with Crippen molar-refractivity contribution in [1.82, 2.24) is 14.8 Å². The van der Waals surface area contributed by atoms with Gasteiger partial charge in [0.05, 0.1) is 35.1 Å². The van der Waals surface area contributed by atoms with Gasteiger partial charge in [-0.25, -0.2) is 0 Å². The first-order valence-corrected chi connectivity index (χ1v) is 7.15. The van der Waals surface area contributed by atoms with Crippen LogP contribution in [0.3, 0.4) is 0 Å². The van der Waals surface area contributed by atoms with Gasteiger partial charge in [-0.05, 0) is 18.9 Å². The number of nitrogens with zero attached hydrogens (tertiary/aromatic N) is 3. The van der Waals surface area contributed by atoms with Gasteiger partial charge < -0.3 is 10.1 Å². The first-order chi connectivity index (χ1) is 10.2. The van der Waals surface area contributed by atoms with Gasteiger partial charge in [-0.3, -0.25) is 14.5 Å². The van der Waals surface area contributed by atoms with Crippen molar-refractivity contribution in [3.05, 3.63) is 41.4 Å². The van der Waals surface area contributed by atoms with Gasteiger partial charge in [0.2, 0.25) is 0 Å². The first-order valence-electron chi connectivity index (χ1n) is 6.77. The molecule has 3 rings (SSSR count). The molecule has 6 nitrogen and oxygen atoms in total. The molecule has 1 fully saturated rings. The molecule has 2 aromatic heterocycles. The molecule has 1 N–H and O–H groups in total. The van der Waals surface area contributed by atoms with Crippen LogP contribution in [-0.4, -0.2) is 33.4 Å². The summed E-state index contributed by atoms with van der Waals surface area (Å²) in [5, 5.41) is 7.35. The number of carbonyl (C=O) groups excluding carboxylic acids is 1. The summed E-state index contributed by atoms with van der Waals surface area (Å²) >= 11 is 5.97. The molecular formula is C14H15ClN4O2.